The summed E-state index contributed by atoms with van der Waals surface area (Å²) in [4.78, 5) is 30.2. The predicted molar refractivity (Wildman–Crippen MR) is 131 cm³/mol. The van der Waals surface area contributed by atoms with E-state index in [0.29, 0.717) is 44.6 Å². The summed E-state index contributed by atoms with van der Waals surface area (Å²) in [5, 5.41) is 14.7. The van der Waals surface area contributed by atoms with Crippen LogP contribution in [0.25, 0.3) is 0 Å². The zero-order valence-electron chi connectivity index (χ0n) is 18.1. The molecule has 5 nitrogen and oxygen atoms in total. The Morgan fingerprint density at radius 3 is 2.73 bits per heavy atom. The highest BCUT2D eigenvalue weighted by Gasteiger charge is 2.42. The lowest BCUT2D eigenvalue weighted by Crippen LogP contribution is -2.37. The van der Waals surface area contributed by atoms with Crippen LogP contribution < -0.4 is 5.32 Å². The maximum absolute atomic E-state index is 13.2. The number of hydrogen-bond acceptors (Lipinski definition) is 6. The van der Waals surface area contributed by atoms with Gasteiger partial charge in [0, 0.05) is 35.6 Å². The standard InChI is InChI=1S/C25H21Cl2N3O2S/c1-25(2)9-19-23(20(31)10-25)22(15-4-3-7-29-12-15)16(11-28)24(30-19)33-13-21(32)14-5-6-17(26)18(27)8-14/h3-8,12,22,30H,9-10,13H2,1-2H3/t22-/m1/s1. The van der Waals surface area contributed by atoms with Crippen LogP contribution in [0.1, 0.15) is 48.5 Å². The third-order valence-corrected chi connectivity index (χ3v) is 7.49. The molecule has 0 fully saturated rings. The Kier molecular flexibility index (Phi) is 6.67. The Hall–Kier alpha value is -2.59. The molecule has 4 rings (SSSR count). The normalized spacial score (nSPS) is 19.6. The molecule has 1 N–H and O–H groups in total. The molecule has 2 aromatic rings. The summed E-state index contributed by atoms with van der Waals surface area (Å²) in [5.74, 6) is -0.508. The number of rotatable bonds is 5. The molecule has 2 aliphatic rings. The van der Waals surface area contributed by atoms with Gasteiger partial charge in [-0.15, -0.1) is 0 Å². The van der Waals surface area contributed by atoms with E-state index in [1.165, 1.54) is 11.8 Å². The predicted octanol–water partition coefficient (Wildman–Crippen LogP) is 6.07. The first kappa shape index (κ1) is 23.6. The van der Waals surface area contributed by atoms with Crippen LogP contribution in [0.5, 0.6) is 0 Å². The highest BCUT2D eigenvalue weighted by Crippen LogP contribution is 2.47. The fourth-order valence-electron chi connectivity index (χ4n) is 4.26. The number of Topliss-reactive ketones (excluding diaryl/α,β-unsaturated/α-hetero) is 2. The Bertz CT molecular complexity index is 1250. The van der Waals surface area contributed by atoms with Crippen molar-refractivity contribution >= 4 is 46.5 Å². The fraction of sp³-hybridized carbons (Fsp3) is 0.280. The van der Waals surface area contributed by atoms with Crippen LogP contribution in [0, 0.1) is 16.7 Å². The topological polar surface area (TPSA) is 82.9 Å². The van der Waals surface area contributed by atoms with Gasteiger partial charge in [-0.3, -0.25) is 14.6 Å². The maximum atomic E-state index is 13.2. The van der Waals surface area contributed by atoms with Gasteiger partial charge in [0.15, 0.2) is 11.6 Å². The van der Waals surface area contributed by atoms with Crippen molar-refractivity contribution in [2.45, 2.75) is 32.6 Å². The third-order valence-electron chi connectivity index (χ3n) is 5.73. The van der Waals surface area contributed by atoms with Crippen molar-refractivity contribution in [3.8, 4) is 6.07 Å². The van der Waals surface area contributed by atoms with Gasteiger partial charge in [-0.25, -0.2) is 0 Å². The number of halogens is 2. The Morgan fingerprint density at radius 1 is 1.27 bits per heavy atom. The molecule has 1 aliphatic heterocycles. The molecule has 1 aromatic carbocycles. The molecule has 1 atom stereocenters. The van der Waals surface area contributed by atoms with E-state index >= 15 is 0 Å². The molecule has 8 heteroatoms. The summed E-state index contributed by atoms with van der Waals surface area (Å²) < 4.78 is 0. The van der Waals surface area contributed by atoms with Crippen LogP contribution in [-0.2, 0) is 4.79 Å². The molecule has 168 valence electrons. The van der Waals surface area contributed by atoms with Gasteiger partial charge in [0.1, 0.15) is 0 Å². The van der Waals surface area contributed by atoms with E-state index in [0.717, 1.165) is 11.3 Å². The second-order valence-corrected chi connectivity index (χ2v) is 10.7. The molecule has 0 radical (unpaired) electrons. The molecule has 0 spiro atoms. The zero-order chi connectivity index (χ0) is 23.8. The van der Waals surface area contributed by atoms with Crippen molar-refractivity contribution in [3.05, 3.63) is 85.8 Å². The molecule has 2 heterocycles. The van der Waals surface area contributed by atoms with E-state index in [2.05, 4.69) is 30.2 Å². The highest BCUT2D eigenvalue weighted by atomic mass is 35.5. The minimum atomic E-state index is -0.508. The quantitative estimate of drug-likeness (QED) is 0.504. The van der Waals surface area contributed by atoms with Crippen LogP contribution in [0.3, 0.4) is 0 Å². The average Bonchev–Trinajstić information content (AvgIpc) is 2.78. The number of carbonyl (C=O) groups is 2. The van der Waals surface area contributed by atoms with Gasteiger partial charge in [0.25, 0.3) is 0 Å². The summed E-state index contributed by atoms with van der Waals surface area (Å²) in [6, 6.07) is 10.7. The van der Waals surface area contributed by atoms with Gasteiger partial charge in [-0.05, 0) is 41.7 Å². The number of nitriles is 1. The molecule has 0 amide bonds. The van der Waals surface area contributed by atoms with Crippen LogP contribution in [0.4, 0.5) is 0 Å². The highest BCUT2D eigenvalue weighted by molar-refractivity contribution is 8.03. The van der Waals surface area contributed by atoms with E-state index in [4.69, 9.17) is 23.2 Å². The van der Waals surface area contributed by atoms with Gasteiger partial charge in [-0.1, -0.05) is 54.9 Å². The molecule has 1 aliphatic carbocycles. The molecule has 0 saturated heterocycles. The van der Waals surface area contributed by atoms with E-state index < -0.39 is 5.92 Å². The number of nitrogens with one attached hydrogen (secondary N) is 1. The van der Waals surface area contributed by atoms with E-state index in [1.807, 2.05) is 6.07 Å². The molecule has 1 aromatic heterocycles. The number of pyridine rings is 1. The Labute approximate surface area is 206 Å². The third kappa shape index (κ3) is 4.86. The lowest BCUT2D eigenvalue weighted by Gasteiger charge is -2.38. The summed E-state index contributed by atoms with van der Waals surface area (Å²) in [6.45, 7) is 4.11. The van der Waals surface area contributed by atoms with E-state index in [1.54, 1.807) is 36.7 Å². The lowest BCUT2D eigenvalue weighted by molar-refractivity contribution is -0.118. The number of aromatic nitrogens is 1. The van der Waals surface area contributed by atoms with Crippen molar-refractivity contribution < 1.29 is 9.59 Å². The Balaban J connectivity index is 1.69. The summed E-state index contributed by atoms with van der Waals surface area (Å²) in [7, 11) is 0. The lowest BCUT2D eigenvalue weighted by atomic mass is 9.69. The molecule has 33 heavy (non-hydrogen) atoms. The van der Waals surface area contributed by atoms with Crippen molar-refractivity contribution in [2.24, 2.45) is 5.41 Å². The summed E-state index contributed by atoms with van der Waals surface area (Å²) >= 11 is 13.3. The van der Waals surface area contributed by atoms with Crippen LogP contribution in [0.2, 0.25) is 10.0 Å². The van der Waals surface area contributed by atoms with Gasteiger partial charge >= 0.3 is 0 Å². The second kappa shape index (κ2) is 9.34. The number of ketones is 2. The van der Waals surface area contributed by atoms with Crippen molar-refractivity contribution in [3.63, 3.8) is 0 Å². The van der Waals surface area contributed by atoms with Crippen molar-refractivity contribution in [2.75, 3.05) is 5.75 Å². The van der Waals surface area contributed by atoms with Crippen LogP contribution in [0.15, 0.2) is 64.6 Å². The number of allylic oxidation sites excluding steroid dienone is 3. The summed E-state index contributed by atoms with van der Waals surface area (Å²) in [6.07, 6.45) is 4.44. The first-order valence-electron chi connectivity index (χ1n) is 10.4. The smallest absolute Gasteiger partial charge is 0.173 e. The molecular formula is C25H21Cl2N3O2S. The maximum Gasteiger partial charge on any atom is 0.173 e. The molecular weight excluding hydrogens is 477 g/mol. The largest absolute Gasteiger partial charge is 0.352 e. The first-order chi connectivity index (χ1) is 15.7. The summed E-state index contributed by atoms with van der Waals surface area (Å²) in [5.41, 5.74) is 2.89. The van der Waals surface area contributed by atoms with Gasteiger partial charge in [0.05, 0.1) is 38.4 Å². The number of benzene rings is 1. The fourth-order valence-corrected chi connectivity index (χ4v) is 5.52. The number of thioether (sulfide) groups is 1. The number of dihydropyridines is 1. The minimum Gasteiger partial charge on any atom is -0.352 e. The first-order valence-corrected chi connectivity index (χ1v) is 12.1. The Morgan fingerprint density at radius 2 is 2.06 bits per heavy atom. The number of carbonyl (C=O) groups excluding carboxylic acids is 2. The molecule has 0 saturated carbocycles. The van der Waals surface area contributed by atoms with E-state index in [-0.39, 0.29) is 22.7 Å². The van der Waals surface area contributed by atoms with Crippen molar-refractivity contribution in [1.29, 1.82) is 5.26 Å². The van der Waals surface area contributed by atoms with E-state index in [9.17, 15) is 14.9 Å². The number of hydrogen-bond donors (Lipinski definition) is 1. The SMILES string of the molecule is CC1(C)CC(=O)C2=C(C1)NC(SCC(=O)c1ccc(Cl)c(Cl)c1)=C(C#N)[C@H]2c1cccnc1. The number of nitrogens with zero attached hydrogens (tertiary/aromatic N) is 2. The van der Waals surface area contributed by atoms with Gasteiger partial charge < -0.3 is 5.32 Å². The van der Waals surface area contributed by atoms with Gasteiger partial charge in [0.2, 0.25) is 0 Å². The zero-order valence-corrected chi connectivity index (χ0v) is 20.4. The van der Waals surface area contributed by atoms with Crippen LogP contribution >= 0.6 is 35.0 Å². The minimum absolute atomic E-state index is 0.0336. The second-order valence-electron chi connectivity index (χ2n) is 8.87. The average molecular weight is 498 g/mol. The van der Waals surface area contributed by atoms with Crippen molar-refractivity contribution in [1.82, 2.24) is 10.3 Å². The van der Waals surface area contributed by atoms with Gasteiger partial charge in [-0.2, -0.15) is 5.26 Å². The molecule has 0 bridgehead atoms. The van der Waals surface area contributed by atoms with Crippen LogP contribution in [-0.4, -0.2) is 22.3 Å². The molecule has 0 unspecified atom stereocenters. The monoisotopic (exact) mass is 497 g/mol.